The molecule has 3 aliphatic heterocycles. The van der Waals surface area contributed by atoms with Gasteiger partial charge in [-0.15, -0.1) is 0 Å². The molecule has 0 saturated carbocycles. The monoisotopic (exact) mass is 158 g/mol. The minimum absolute atomic E-state index is 0.130. The maximum absolute atomic E-state index is 5.52. The predicted octanol–water partition coefficient (Wildman–Crippen LogP) is -0.476. The highest BCUT2D eigenvalue weighted by Gasteiger charge is 2.62. The Hall–Kier alpha value is -0.160. The van der Waals surface area contributed by atoms with Gasteiger partial charge in [0.25, 0.3) is 0 Å². The van der Waals surface area contributed by atoms with E-state index in [1.54, 1.807) is 7.11 Å². The van der Waals surface area contributed by atoms with Crippen molar-refractivity contribution in [2.24, 2.45) is 0 Å². The lowest BCUT2D eigenvalue weighted by atomic mass is 10.2. The second-order valence-electron chi connectivity index (χ2n) is 3.14. The molecule has 62 valence electrons. The van der Waals surface area contributed by atoms with Gasteiger partial charge in [0.2, 0.25) is 0 Å². The average molecular weight is 158 g/mol. The average Bonchev–Trinajstić information content (AvgIpc) is 2.88. The summed E-state index contributed by atoms with van der Waals surface area (Å²) in [6, 6.07) is 0. The molecular formula is C7H10O4. The van der Waals surface area contributed by atoms with Crippen molar-refractivity contribution in [3.63, 3.8) is 0 Å². The van der Waals surface area contributed by atoms with Crippen LogP contribution in [0.1, 0.15) is 0 Å². The molecule has 3 saturated heterocycles. The third-order valence-corrected chi connectivity index (χ3v) is 2.40. The predicted molar refractivity (Wildman–Crippen MR) is 34.1 cm³/mol. The molecule has 0 spiro atoms. The van der Waals surface area contributed by atoms with Crippen LogP contribution in [0.5, 0.6) is 0 Å². The third kappa shape index (κ3) is 0.840. The highest BCUT2D eigenvalue weighted by Crippen LogP contribution is 2.43. The summed E-state index contributed by atoms with van der Waals surface area (Å²) in [6.45, 7) is 0.813. The summed E-state index contributed by atoms with van der Waals surface area (Å²) in [7, 11) is 1.64. The van der Waals surface area contributed by atoms with Crippen molar-refractivity contribution >= 4 is 0 Å². The Labute approximate surface area is 64.4 Å². The fraction of sp³-hybridized carbons (Fsp3) is 1.00. The molecule has 3 rings (SSSR count). The van der Waals surface area contributed by atoms with Gasteiger partial charge in [-0.1, -0.05) is 0 Å². The maximum Gasteiger partial charge on any atom is 0.186 e. The standard InChI is InChI=1S/C7H10O4/c1-8-7-6-5(10-6)4(11-7)3-2-9-3/h3-7H,2H2,1H3/t3?,4-,5-,6?,7-/m1/s1. The van der Waals surface area contributed by atoms with Crippen molar-refractivity contribution in [3.05, 3.63) is 0 Å². The zero-order chi connectivity index (χ0) is 7.42. The van der Waals surface area contributed by atoms with E-state index in [2.05, 4.69) is 0 Å². The topological polar surface area (TPSA) is 43.5 Å². The van der Waals surface area contributed by atoms with Crippen molar-refractivity contribution in [2.45, 2.75) is 30.7 Å². The Bertz CT molecular complexity index is 179. The van der Waals surface area contributed by atoms with Crippen LogP contribution in [0.4, 0.5) is 0 Å². The van der Waals surface area contributed by atoms with Crippen LogP contribution in [0.25, 0.3) is 0 Å². The van der Waals surface area contributed by atoms with E-state index in [0.717, 1.165) is 6.61 Å². The first kappa shape index (κ1) is 6.37. The van der Waals surface area contributed by atoms with E-state index in [-0.39, 0.29) is 30.7 Å². The summed E-state index contributed by atoms with van der Waals surface area (Å²) in [5.74, 6) is 0. The quantitative estimate of drug-likeness (QED) is 0.509. The van der Waals surface area contributed by atoms with E-state index >= 15 is 0 Å². The molecular weight excluding hydrogens is 148 g/mol. The van der Waals surface area contributed by atoms with Gasteiger partial charge in [-0.3, -0.25) is 0 Å². The molecule has 2 unspecified atom stereocenters. The lowest BCUT2D eigenvalue weighted by Gasteiger charge is -2.13. The summed E-state index contributed by atoms with van der Waals surface area (Å²) >= 11 is 0. The number of epoxide rings is 2. The van der Waals surface area contributed by atoms with Gasteiger partial charge in [0, 0.05) is 7.11 Å². The van der Waals surface area contributed by atoms with Gasteiger partial charge in [-0.05, 0) is 0 Å². The highest BCUT2D eigenvalue weighted by molar-refractivity contribution is 5.05. The fourth-order valence-corrected chi connectivity index (χ4v) is 1.66. The maximum atomic E-state index is 5.52. The largest absolute Gasteiger partial charge is 0.370 e. The number of ether oxygens (including phenoxy) is 4. The van der Waals surface area contributed by atoms with Crippen molar-refractivity contribution in [3.8, 4) is 0 Å². The van der Waals surface area contributed by atoms with Crippen LogP contribution in [-0.4, -0.2) is 44.4 Å². The smallest absolute Gasteiger partial charge is 0.186 e. The second kappa shape index (κ2) is 1.95. The zero-order valence-electron chi connectivity index (χ0n) is 6.23. The summed E-state index contributed by atoms with van der Waals surface area (Å²) < 4.78 is 21.1. The molecule has 0 bridgehead atoms. The van der Waals surface area contributed by atoms with Crippen molar-refractivity contribution in [2.75, 3.05) is 13.7 Å². The molecule has 3 aliphatic rings. The van der Waals surface area contributed by atoms with Crippen LogP contribution in [0.3, 0.4) is 0 Å². The molecule has 0 aromatic carbocycles. The summed E-state index contributed by atoms with van der Waals surface area (Å²) in [5, 5.41) is 0. The number of methoxy groups -OCH3 is 1. The van der Waals surface area contributed by atoms with Gasteiger partial charge >= 0.3 is 0 Å². The number of fused-ring (bicyclic) bond motifs is 1. The Morgan fingerprint density at radius 2 is 2.00 bits per heavy atom. The first-order chi connectivity index (χ1) is 5.40. The molecule has 4 nitrogen and oxygen atoms in total. The van der Waals surface area contributed by atoms with Gasteiger partial charge in [0.1, 0.15) is 24.4 Å². The van der Waals surface area contributed by atoms with E-state index in [4.69, 9.17) is 18.9 Å². The van der Waals surface area contributed by atoms with Crippen LogP contribution in [0, 0.1) is 0 Å². The molecule has 5 atom stereocenters. The Kier molecular flexibility index (Phi) is 1.13. The van der Waals surface area contributed by atoms with E-state index in [0.29, 0.717) is 0 Å². The van der Waals surface area contributed by atoms with Gasteiger partial charge in [-0.2, -0.15) is 0 Å². The molecule has 11 heavy (non-hydrogen) atoms. The molecule has 4 heteroatoms. The minimum Gasteiger partial charge on any atom is -0.370 e. The first-order valence-electron chi connectivity index (χ1n) is 3.85. The van der Waals surface area contributed by atoms with Gasteiger partial charge < -0.3 is 18.9 Å². The van der Waals surface area contributed by atoms with Gasteiger partial charge in [-0.25, -0.2) is 0 Å². The third-order valence-electron chi connectivity index (χ3n) is 2.40. The van der Waals surface area contributed by atoms with Crippen molar-refractivity contribution < 1.29 is 18.9 Å². The van der Waals surface area contributed by atoms with Gasteiger partial charge in [0.15, 0.2) is 6.29 Å². The lowest BCUT2D eigenvalue weighted by molar-refractivity contribution is -0.162. The lowest BCUT2D eigenvalue weighted by Crippen LogP contribution is -2.25. The van der Waals surface area contributed by atoms with E-state index in [1.165, 1.54) is 0 Å². The van der Waals surface area contributed by atoms with Crippen molar-refractivity contribution in [1.82, 2.24) is 0 Å². The van der Waals surface area contributed by atoms with Gasteiger partial charge in [0.05, 0.1) is 6.61 Å². The Balaban J connectivity index is 1.71. The second-order valence-corrected chi connectivity index (χ2v) is 3.14. The summed E-state index contributed by atoms with van der Waals surface area (Å²) in [5.41, 5.74) is 0. The zero-order valence-corrected chi connectivity index (χ0v) is 6.23. The molecule has 0 N–H and O–H groups in total. The molecule has 0 aromatic heterocycles. The fourth-order valence-electron chi connectivity index (χ4n) is 1.66. The molecule has 0 amide bonds. The van der Waals surface area contributed by atoms with Crippen LogP contribution in [0.2, 0.25) is 0 Å². The van der Waals surface area contributed by atoms with Crippen LogP contribution in [-0.2, 0) is 18.9 Å². The van der Waals surface area contributed by atoms with E-state index in [9.17, 15) is 0 Å². The number of rotatable bonds is 2. The molecule has 0 aromatic rings. The number of hydrogen-bond acceptors (Lipinski definition) is 4. The first-order valence-corrected chi connectivity index (χ1v) is 3.85. The summed E-state index contributed by atoms with van der Waals surface area (Å²) in [6.07, 6.45) is 0.658. The molecule has 0 radical (unpaired) electrons. The van der Waals surface area contributed by atoms with E-state index in [1.807, 2.05) is 0 Å². The van der Waals surface area contributed by atoms with Crippen LogP contribution >= 0.6 is 0 Å². The normalized spacial score (nSPS) is 59.2. The van der Waals surface area contributed by atoms with E-state index < -0.39 is 0 Å². The highest BCUT2D eigenvalue weighted by atomic mass is 16.8. The Morgan fingerprint density at radius 1 is 1.18 bits per heavy atom. The molecule has 3 fully saturated rings. The molecule has 0 aliphatic carbocycles. The van der Waals surface area contributed by atoms with Crippen LogP contribution < -0.4 is 0 Å². The molecule has 3 heterocycles. The minimum atomic E-state index is -0.158. The number of hydrogen-bond donors (Lipinski definition) is 0. The SMILES string of the molecule is CO[C@@H]1O[C@H](C2CO2)[C@H]2OC12. The summed E-state index contributed by atoms with van der Waals surface area (Å²) in [4.78, 5) is 0. The Morgan fingerprint density at radius 3 is 2.55 bits per heavy atom. The van der Waals surface area contributed by atoms with Crippen LogP contribution in [0.15, 0.2) is 0 Å². The van der Waals surface area contributed by atoms with Crippen molar-refractivity contribution in [1.29, 1.82) is 0 Å².